The first-order valence-corrected chi connectivity index (χ1v) is 24.6. The van der Waals surface area contributed by atoms with Gasteiger partial charge < -0.3 is 0 Å². The molecule has 0 bridgehead atoms. The molecule has 1 N–H and O–H groups in total. The Bertz CT molecular complexity index is 842. The van der Waals surface area contributed by atoms with E-state index in [4.69, 9.17) is 14.0 Å². The van der Waals surface area contributed by atoms with Crippen LogP contribution in [-0.2, 0) is 28.2 Å². The van der Waals surface area contributed by atoms with Crippen molar-refractivity contribution in [1.82, 2.24) is 0 Å². The van der Waals surface area contributed by atoms with E-state index >= 15 is 0 Å². The number of hydrogen-bond acceptors (Lipinski definition) is 6. The van der Waals surface area contributed by atoms with Crippen molar-refractivity contribution in [1.29, 1.82) is 0 Å². The molecule has 0 saturated heterocycles. The Morgan fingerprint density at radius 3 is 1.31 bits per heavy atom. The molecular formula is C39H72NaO7P. The Kier molecular flexibility index (Phi) is 36.0. The normalized spacial score (nSPS) is 13.7. The minimum atomic E-state index is -3.61. The molecule has 0 aromatic heterocycles. The SMILES string of the molecule is CCCCCCCC/C=C\CCCCCCCC(=O)OC[C@H](CO[P](=O)(O)[Na])OC(=O)CCCCCCC/C=C\CCCCCCCC. The quantitative estimate of drug-likeness (QED) is 0.0228. The number of ether oxygens (including phenoxy) is 2. The van der Waals surface area contributed by atoms with Crippen LogP contribution in [0.25, 0.3) is 0 Å². The summed E-state index contributed by atoms with van der Waals surface area (Å²) in [4.78, 5) is 34.3. The zero-order valence-electron chi connectivity index (χ0n) is 31.4. The van der Waals surface area contributed by atoms with Crippen LogP contribution in [0.4, 0.5) is 0 Å². The molecule has 0 rings (SSSR count). The van der Waals surface area contributed by atoms with Gasteiger partial charge in [-0.25, -0.2) is 0 Å². The van der Waals surface area contributed by atoms with Crippen LogP contribution in [0.5, 0.6) is 0 Å². The molecule has 0 spiro atoms. The van der Waals surface area contributed by atoms with Gasteiger partial charge in [-0.2, -0.15) is 0 Å². The number of rotatable bonds is 36. The van der Waals surface area contributed by atoms with Crippen LogP contribution in [-0.4, -0.2) is 63.5 Å². The smallest absolute Gasteiger partial charge is 0.0885 e. The van der Waals surface area contributed by atoms with Crippen LogP contribution in [0.3, 0.4) is 0 Å². The van der Waals surface area contributed by atoms with Gasteiger partial charge in [0.15, 0.2) is 0 Å². The fourth-order valence-corrected chi connectivity index (χ4v) is 6.41. The van der Waals surface area contributed by atoms with E-state index in [1.54, 1.807) is 0 Å². The van der Waals surface area contributed by atoms with Crippen molar-refractivity contribution in [3.63, 3.8) is 0 Å². The van der Waals surface area contributed by atoms with Gasteiger partial charge in [-0.15, -0.1) is 0 Å². The van der Waals surface area contributed by atoms with Crippen molar-refractivity contribution in [3.05, 3.63) is 24.3 Å². The monoisotopic (exact) mass is 706 g/mol. The Morgan fingerprint density at radius 2 is 0.917 bits per heavy atom. The van der Waals surface area contributed by atoms with Gasteiger partial charge in [0.2, 0.25) is 0 Å². The second kappa shape index (κ2) is 36.4. The maximum absolute atomic E-state index is 12.4. The third kappa shape index (κ3) is 38.4. The second-order valence-corrected chi connectivity index (χ2v) is 18.8. The third-order valence-corrected chi connectivity index (χ3v) is 9.92. The first-order chi connectivity index (χ1) is 23.3. The molecule has 7 nitrogen and oxygen atoms in total. The van der Waals surface area contributed by atoms with Crippen molar-refractivity contribution in [3.8, 4) is 0 Å². The molecule has 0 amide bonds. The van der Waals surface area contributed by atoms with Gasteiger partial charge in [0.25, 0.3) is 0 Å². The molecule has 0 fully saturated rings. The van der Waals surface area contributed by atoms with E-state index in [1.165, 1.54) is 103 Å². The summed E-state index contributed by atoms with van der Waals surface area (Å²) >= 11 is -0.0297. The van der Waals surface area contributed by atoms with Crippen LogP contribution < -0.4 is 0 Å². The topological polar surface area (TPSA) is 99.1 Å². The molecule has 0 saturated carbocycles. The second-order valence-electron chi connectivity index (χ2n) is 13.6. The van der Waals surface area contributed by atoms with Gasteiger partial charge in [-0.1, -0.05) is 102 Å². The van der Waals surface area contributed by atoms with Crippen molar-refractivity contribution < 1.29 is 33.0 Å². The Labute approximate surface area is 312 Å². The molecular weight excluding hydrogens is 634 g/mol. The number of carbonyl (C=O) groups excluding carboxylic acids is 2. The van der Waals surface area contributed by atoms with Crippen LogP contribution in [0.15, 0.2) is 24.3 Å². The van der Waals surface area contributed by atoms with E-state index in [0.717, 1.165) is 64.2 Å². The van der Waals surface area contributed by atoms with Crippen molar-refractivity contribution in [2.24, 2.45) is 0 Å². The van der Waals surface area contributed by atoms with E-state index in [2.05, 4.69) is 38.2 Å². The molecule has 1 unspecified atom stereocenters. The molecule has 0 radical (unpaired) electrons. The average molecular weight is 707 g/mol. The number of carbonyl (C=O) groups is 2. The number of hydrogen-bond donors (Lipinski definition) is 1. The fourth-order valence-electron chi connectivity index (χ4n) is 5.52. The van der Waals surface area contributed by atoms with E-state index < -0.39 is 16.4 Å². The molecule has 276 valence electrons. The zero-order valence-corrected chi connectivity index (χ0v) is 34.3. The standard InChI is InChI=1S/C39H71O7P.Na/c1-3-5-7-9-11-13-15-17-19-21-23-25-27-29-31-33-38(40)44-35-37(36-45-47(42)43)46-39(41)34-32-30-28-26-24-22-20-18-16-14-12-10-8-6-4-2;/h17-20,37H,3-16,21-36H2,1-2H3;/q;-1/p+1/b19-17-,20-18-;/t37-;/m1./s1. The van der Waals surface area contributed by atoms with Crippen LogP contribution in [0, 0.1) is 0 Å². The van der Waals surface area contributed by atoms with Gasteiger partial charge in [-0.3, -0.25) is 0 Å². The summed E-state index contributed by atoms with van der Waals surface area (Å²) in [7, 11) is 0. The zero-order chi connectivity index (χ0) is 35.4. The fraction of sp³-hybridized carbons (Fsp3) is 0.846. The van der Waals surface area contributed by atoms with Crippen molar-refractivity contribution in [2.45, 2.75) is 200 Å². The number of unbranched alkanes of at least 4 members (excludes halogenated alkanes) is 22. The van der Waals surface area contributed by atoms with Crippen molar-refractivity contribution >= 4 is 43.6 Å². The molecule has 0 aliphatic carbocycles. The van der Waals surface area contributed by atoms with E-state index in [0.29, 0.717) is 6.42 Å². The molecule has 2 atom stereocenters. The maximum atomic E-state index is 12.4. The van der Waals surface area contributed by atoms with Crippen LogP contribution in [0.1, 0.15) is 194 Å². The summed E-state index contributed by atoms with van der Waals surface area (Å²) < 4.78 is 23.9. The predicted octanol–water partition coefficient (Wildman–Crippen LogP) is 11.8. The average Bonchev–Trinajstić information content (AvgIpc) is 3.05. The molecule has 0 heterocycles. The van der Waals surface area contributed by atoms with Gasteiger partial charge >= 0.3 is 167 Å². The summed E-state index contributed by atoms with van der Waals surface area (Å²) in [5.74, 6) is -0.736. The summed E-state index contributed by atoms with van der Waals surface area (Å²) in [5, 5.41) is 0. The van der Waals surface area contributed by atoms with E-state index in [1.807, 2.05) is 0 Å². The predicted molar refractivity (Wildman–Crippen MR) is 201 cm³/mol. The minimum Gasteiger partial charge on any atom is -0.0885 e. The van der Waals surface area contributed by atoms with E-state index in [9.17, 15) is 19.0 Å². The first-order valence-electron chi connectivity index (χ1n) is 19.9. The summed E-state index contributed by atoms with van der Waals surface area (Å²) in [5.41, 5.74) is 0. The van der Waals surface area contributed by atoms with Gasteiger partial charge in [0.05, 0.1) is 0 Å². The molecule has 0 aliphatic heterocycles. The van der Waals surface area contributed by atoms with Crippen LogP contribution >= 0.6 is 4.35 Å². The summed E-state index contributed by atoms with van der Waals surface area (Å²) in [6.45, 7) is 4.09. The minimum absolute atomic E-state index is 0.0297. The summed E-state index contributed by atoms with van der Waals surface area (Å²) in [6, 6.07) is 0. The molecule has 0 aliphatic rings. The number of esters is 2. The summed E-state index contributed by atoms with van der Waals surface area (Å²) in [6.07, 6.45) is 39.9. The van der Waals surface area contributed by atoms with Gasteiger partial charge in [0.1, 0.15) is 0 Å². The van der Waals surface area contributed by atoms with Crippen LogP contribution in [0.2, 0.25) is 0 Å². The number of allylic oxidation sites excluding steroid dienone is 4. The van der Waals surface area contributed by atoms with E-state index in [-0.39, 0.29) is 52.9 Å². The van der Waals surface area contributed by atoms with Gasteiger partial charge in [0, 0.05) is 0 Å². The molecule has 9 heteroatoms. The van der Waals surface area contributed by atoms with Crippen molar-refractivity contribution in [2.75, 3.05) is 13.2 Å². The molecule has 0 aromatic carbocycles. The van der Waals surface area contributed by atoms with Gasteiger partial charge in [-0.05, 0) is 44.9 Å². The Morgan fingerprint density at radius 1 is 0.562 bits per heavy atom. The molecule has 0 aromatic rings. The molecule has 48 heavy (non-hydrogen) atoms. The third-order valence-electron chi connectivity index (χ3n) is 8.51. The Balaban J connectivity index is 3.97. The Hall–Kier alpha value is -0.430. The first kappa shape index (κ1) is 47.6.